The van der Waals surface area contributed by atoms with E-state index < -0.39 is 12.6 Å². The third-order valence-corrected chi connectivity index (χ3v) is 4.13. The van der Waals surface area contributed by atoms with Gasteiger partial charge in [0.15, 0.2) is 0 Å². The molecule has 3 aromatic rings. The molecule has 7 heteroatoms. The summed E-state index contributed by atoms with van der Waals surface area (Å²) in [6, 6.07) is 11.5. The summed E-state index contributed by atoms with van der Waals surface area (Å²) in [6.45, 7) is -2.88. The van der Waals surface area contributed by atoms with Crippen molar-refractivity contribution < 1.29 is 23.0 Å². The van der Waals surface area contributed by atoms with E-state index in [1.165, 1.54) is 19.2 Å². The summed E-state index contributed by atoms with van der Waals surface area (Å²) in [5, 5.41) is 0.804. The Bertz CT molecular complexity index is 908. The van der Waals surface area contributed by atoms with Gasteiger partial charge in [-0.05, 0) is 46.3 Å². The highest BCUT2D eigenvalue weighted by Crippen LogP contribution is 2.31. The van der Waals surface area contributed by atoms with E-state index in [4.69, 9.17) is 4.74 Å². The Labute approximate surface area is 144 Å². The van der Waals surface area contributed by atoms with Crippen LogP contribution in [0.1, 0.15) is 10.4 Å². The predicted octanol–water partition coefficient (Wildman–Crippen LogP) is 4.78. The zero-order valence-corrected chi connectivity index (χ0v) is 14.1. The summed E-state index contributed by atoms with van der Waals surface area (Å²) < 4.78 is 36.5. The molecular weight excluding hydrogens is 384 g/mol. The van der Waals surface area contributed by atoms with Crippen molar-refractivity contribution in [1.29, 1.82) is 0 Å². The van der Waals surface area contributed by atoms with Crippen LogP contribution >= 0.6 is 15.9 Å². The van der Waals surface area contributed by atoms with Gasteiger partial charge in [-0.3, -0.25) is 0 Å². The van der Waals surface area contributed by atoms with Crippen LogP contribution in [0.25, 0.3) is 16.6 Å². The monoisotopic (exact) mass is 395 g/mol. The van der Waals surface area contributed by atoms with E-state index in [-0.39, 0.29) is 5.75 Å². The van der Waals surface area contributed by atoms with Crippen molar-refractivity contribution in [3.05, 3.63) is 58.7 Å². The maximum absolute atomic E-state index is 12.4. The molecule has 0 radical (unpaired) electrons. The lowest BCUT2D eigenvalue weighted by molar-refractivity contribution is -0.0498. The molecule has 3 rings (SSSR count). The number of nitrogens with zero attached hydrogens (tertiary/aromatic N) is 1. The van der Waals surface area contributed by atoms with Crippen LogP contribution in [0.3, 0.4) is 0 Å². The Hall–Kier alpha value is -2.41. The zero-order chi connectivity index (χ0) is 17.3. The summed E-state index contributed by atoms with van der Waals surface area (Å²) in [7, 11) is 1.32. The highest BCUT2D eigenvalue weighted by molar-refractivity contribution is 9.10. The van der Waals surface area contributed by atoms with E-state index in [0.29, 0.717) is 11.3 Å². The molecule has 0 spiro atoms. The first-order valence-electron chi connectivity index (χ1n) is 6.94. The van der Waals surface area contributed by atoms with Crippen molar-refractivity contribution in [3.8, 4) is 11.4 Å². The van der Waals surface area contributed by atoms with Crippen molar-refractivity contribution in [1.82, 2.24) is 4.57 Å². The standard InChI is InChI=1S/C17H12BrF2NO3/c1-23-16(22)10-5-6-15-13(7-10)14(18)9-21(15)11-3-2-4-12(8-11)24-17(19)20/h2-9,17H,1H3. The first kappa shape index (κ1) is 16.4. The number of esters is 1. The summed E-state index contributed by atoms with van der Waals surface area (Å²) in [6.07, 6.45) is 1.80. The lowest BCUT2D eigenvalue weighted by atomic mass is 10.1. The zero-order valence-electron chi connectivity index (χ0n) is 12.5. The molecule has 24 heavy (non-hydrogen) atoms. The highest BCUT2D eigenvalue weighted by Gasteiger charge is 2.13. The molecule has 0 aliphatic heterocycles. The molecule has 0 saturated carbocycles. The van der Waals surface area contributed by atoms with Crippen LogP contribution in [0.4, 0.5) is 8.78 Å². The minimum absolute atomic E-state index is 0.0756. The van der Waals surface area contributed by atoms with Gasteiger partial charge in [-0.1, -0.05) is 6.07 Å². The largest absolute Gasteiger partial charge is 0.465 e. The lowest BCUT2D eigenvalue weighted by Crippen LogP contribution is -2.02. The fourth-order valence-electron chi connectivity index (χ4n) is 2.46. The third-order valence-electron chi connectivity index (χ3n) is 3.50. The molecule has 0 aliphatic carbocycles. The number of methoxy groups -OCH3 is 1. The number of hydrogen-bond donors (Lipinski definition) is 0. The second-order valence-corrected chi connectivity index (χ2v) is 5.80. The first-order valence-corrected chi connectivity index (χ1v) is 7.73. The number of aromatic nitrogens is 1. The lowest BCUT2D eigenvalue weighted by Gasteiger charge is -2.09. The number of carbonyl (C=O) groups excluding carboxylic acids is 1. The molecule has 4 nitrogen and oxygen atoms in total. The van der Waals surface area contributed by atoms with Gasteiger partial charge in [-0.15, -0.1) is 0 Å². The average molecular weight is 396 g/mol. The Balaban J connectivity index is 2.09. The van der Waals surface area contributed by atoms with Crippen LogP contribution in [-0.2, 0) is 4.74 Å². The Kier molecular flexibility index (Phi) is 4.53. The molecule has 124 valence electrons. The maximum atomic E-state index is 12.4. The second-order valence-electron chi connectivity index (χ2n) is 4.95. The van der Waals surface area contributed by atoms with Crippen molar-refractivity contribution in [3.63, 3.8) is 0 Å². The van der Waals surface area contributed by atoms with Gasteiger partial charge in [0.25, 0.3) is 0 Å². The van der Waals surface area contributed by atoms with E-state index in [9.17, 15) is 13.6 Å². The van der Waals surface area contributed by atoms with Crippen molar-refractivity contribution >= 4 is 32.8 Å². The summed E-state index contributed by atoms with van der Waals surface area (Å²) in [5.41, 5.74) is 1.90. The van der Waals surface area contributed by atoms with E-state index >= 15 is 0 Å². The van der Waals surface area contributed by atoms with E-state index in [1.807, 2.05) is 4.57 Å². The molecule has 0 saturated heterocycles. The Morgan fingerprint density at radius 2 is 2.00 bits per heavy atom. The molecular formula is C17H12BrF2NO3. The fraction of sp³-hybridized carbons (Fsp3) is 0.118. The predicted molar refractivity (Wildman–Crippen MR) is 88.9 cm³/mol. The van der Waals surface area contributed by atoms with Gasteiger partial charge in [0.2, 0.25) is 0 Å². The summed E-state index contributed by atoms with van der Waals surface area (Å²) in [4.78, 5) is 11.7. The Morgan fingerprint density at radius 3 is 2.71 bits per heavy atom. The molecule has 0 bridgehead atoms. The van der Waals surface area contributed by atoms with Crippen molar-refractivity contribution in [2.45, 2.75) is 6.61 Å². The molecule has 1 aromatic heterocycles. The van der Waals surface area contributed by atoms with Crippen LogP contribution in [0.2, 0.25) is 0 Å². The van der Waals surface area contributed by atoms with E-state index in [1.54, 1.807) is 36.5 Å². The topological polar surface area (TPSA) is 40.5 Å². The van der Waals surface area contributed by atoms with E-state index in [2.05, 4.69) is 20.7 Å². The van der Waals surface area contributed by atoms with Crippen LogP contribution in [-0.4, -0.2) is 24.3 Å². The van der Waals surface area contributed by atoms with Gasteiger partial charge in [0.1, 0.15) is 5.75 Å². The number of halogens is 3. The van der Waals surface area contributed by atoms with Gasteiger partial charge >= 0.3 is 12.6 Å². The van der Waals surface area contributed by atoms with Crippen LogP contribution < -0.4 is 4.74 Å². The van der Waals surface area contributed by atoms with Gasteiger partial charge in [-0.25, -0.2) is 4.79 Å². The molecule has 0 amide bonds. The first-order chi connectivity index (χ1) is 11.5. The number of carbonyl (C=O) groups is 1. The third kappa shape index (κ3) is 3.12. The van der Waals surface area contributed by atoms with E-state index in [0.717, 1.165) is 15.4 Å². The van der Waals surface area contributed by atoms with Crippen molar-refractivity contribution in [2.24, 2.45) is 0 Å². The average Bonchev–Trinajstić information content (AvgIpc) is 2.90. The summed E-state index contributed by atoms with van der Waals surface area (Å²) in [5.74, 6) is -0.351. The number of hydrogen-bond acceptors (Lipinski definition) is 3. The van der Waals surface area contributed by atoms with Crippen LogP contribution in [0.5, 0.6) is 5.75 Å². The van der Waals surface area contributed by atoms with Gasteiger partial charge < -0.3 is 14.0 Å². The molecule has 0 unspecified atom stereocenters. The molecule has 0 atom stereocenters. The number of alkyl halides is 2. The molecule has 0 aliphatic rings. The molecule has 2 aromatic carbocycles. The minimum atomic E-state index is -2.88. The smallest absolute Gasteiger partial charge is 0.387 e. The SMILES string of the molecule is COC(=O)c1ccc2c(c1)c(Br)cn2-c1cccc(OC(F)F)c1. The second kappa shape index (κ2) is 6.60. The Morgan fingerprint density at radius 1 is 1.21 bits per heavy atom. The van der Waals surface area contributed by atoms with Crippen molar-refractivity contribution in [2.75, 3.05) is 7.11 Å². The molecule has 1 heterocycles. The fourth-order valence-corrected chi connectivity index (χ4v) is 2.98. The molecule has 0 N–H and O–H groups in total. The van der Waals surface area contributed by atoms with Gasteiger partial charge in [0, 0.05) is 27.8 Å². The highest BCUT2D eigenvalue weighted by atomic mass is 79.9. The van der Waals surface area contributed by atoms with Gasteiger partial charge in [-0.2, -0.15) is 8.78 Å². The maximum Gasteiger partial charge on any atom is 0.387 e. The summed E-state index contributed by atoms with van der Waals surface area (Å²) >= 11 is 3.45. The molecule has 0 fully saturated rings. The van der Waals surface area contributed by atoms with Crippen LogP contribution in [0.15, 0.2) is 53.1 Å². The number of rotatable bonds is 4. The number of benzene rings is 2. The quantitative estimate of drug-likeness (QED) is 0.596. The normalized spacial score (nSPS) is 11.0. The number of ether oxygens (including phenoxy) is 2. The van der Waals surface area contributed by atoms with Crippen LogP contribution in [0, 0.1) is 0 Å². The van der Waals surface area contributed by atoms with Gasteiger partial charge in [0.05, 0.1) is 18.2 Å². The minimum Gasteiger partial charge on any atom is -0.465 e. The number of fused-ring (bicyclic) bond motifs is 1.